The lowest BCUT2D eigenvalue weighted by Gasteiger charge is -2.19. The molecule has 0 aromatic heterocycles. The summed E-state index contributed by atoms with van der Waals surface area (Å²) in [6.45, 7) is 0.609. The Hall–Kier alpha value is -6.56. The minimum absolute atomic E-state index is 0.158. The summed E-state index contributed by atoms with van der Waals surface area (Å²) in [6, 6.07) is 21.9. The van der Waals surface area contributed by atoms with Crippen molar-refractivity contribution in [1.82, 2.24) is 9.80 Å². The van der Waals surface area contributed by atoms with Crippen molar-refractivity contribution in [3.8, 4) is 28.7 Å². The van der Waals surface area contributed by atoms with E-state index in [0.29, 0.717) is 83.7 Å². The van der Waals surface area contributed by atoms with Crippen LogP contribution in [-0.4, -0.2) is 80.7 Å². The molecule has 54 heavy (non-hydrogen) atoms. The Balaban J connectivity index is 0.909. The number of amides is 2. The molecule has 4 aromatic rings. The average Bonchev–Trinajstić information content (AvgIpc) is 3.78. The highest BCUT2D eigenvalue weighted by atomic mass is 16.5. The lowest BCUT2D eigenvalue weighted by molar-refractivity contribution is 0.0809. The molecular formula is C42H39N5O7. The van der Waals surface area contributed by atoms with Gasteiger partial charge in [0.1, 0.15) is 5.75 Å². The zero-order valence-corrected chi connectivity index (χ0v) is 30.2. The van der Waals surface area contributed by atoms with Crippen LogP contribution >= 0.6 is 0 Å². The lowest BCUT2D eigenvalue weighted by atomic mass is 10.0. The first-order valence-electron chi connectivity index (χ1n) is 17.7. The Morgan fingerprint density at radius 2 is 1.09 bits per heavy atom. The zero-order valence-electron chi connectivity index (χ0n) is 30.2. The Labute approximate surface area is 312 Å². The molecule has 12 nitrogen and oxygen atoms in total. The molecule has 2 atom stereocenters. The molecule has 0 saturated carbocycles. The van der Waals surface area contributed by atoms with Crippen molar-refractivity contribution in [2.75, 3.05) is 40.3 Å². The second-order valence-electron chi connectivity index (χ2n) is 13.3. The number of benzene rings is 4. The molecule has 4 heterocycles. The van der Waals surface area contributed by atoms with Crippen molar-refractivity contribution in [3.05, 3.63) is 107 Å². The number of ether oxygens (including phenoxy) is 5. The molecule has 12 heteroatoms. The third-order valence-corrected chi connectivity index (χ3v) is 9.97. The fraction of sp³-hybridized carbons (Fsp3) is 0.238. The minimum Gasteiger partial charge on any atom is -0.497 e. The van der Waals surface area contributed by atoms with Crippen LogP contribution in [0.1, 0.15) is 51.1 Å². The Morgan fingerprint density at radius 1 is 0.630 bits per heavy atom. The van der Waals surface area contributed by atoms with E-state index in [-0.39, 0.29) is 23.9 Å². The van der Waals surface area contributed by atoms with Gasteiger partial charge in [-0.2, -0.15) is 0 Å². The smallest absolute Gasteiger partial charge is 0.260 e. The molecule has 0 bridgehead atoms. The molecule has 0 saturated heterocycles. The van der Waals surface area contributed by atoms with Crippen LogP contribution in [0.4, 0.5) is 17.1 Å². The van der Waals surface area contributed by atoms with E-state index in [4.69, 9.17) is 34.4 Å². The van der Waals surface area contributed by atoms with E-state index in [9.17, 15) is 9.59 Å². The topological polar surface area (TPSA) is 138 Å². The van der Waals surface area contributed by atoms with E-state index in [1.807, 2.05) is 67.1 Å². The van der Waals surface area contributed by atoms with Gasteiger partial charge in [-0.3, -0.25) is 19.6 Å². The molecular weight excluding hydrogens is 686 g/mol. The van der Waals surface area contributed by atoms with Crippen LogP contribution in [0.5, 0.6) is 28.7 Å². The summed E-state index contributed by atoms with van der Waals surface area (Å²) in [5.74, 6) is 2.27. The molecule has 4 aliphatic heterocycles. The van der Waals surface area contributed by atoms with Crippen LogP contribution in [0.25, 0.3) is 11.1 Å². The summed E-state index contributed by atoms with van der Waals surface area (Å²) in [5, 5.41) is 0. The standard InChI is InChI=1S/C42H39N5O7/c1-50-32-11-7-26(8-12-32)28-16-31-22-45-36-20-40(38(52-3)18-34(36)42(49)47(31)24-28)54-14-4-13-53-39-19-35-33(17-37(39)51-2)41(48)46-23-27(15-30(46)21-44-35)25-5-9-29(43)10-6-25/h5-12,17-24,30-31H,4,13-16,43H2,1-3H3/t30-,31-/m0/s1. The largest absolute Gasteiger partial charge is 0.497 e. The molecule has 0 radical (unpaired) electrons. The number of anilines is 1. The summed E-state index contributed by atoms with van der Waals surface area (Å²) in [5.41, 5.74) is 12.6. The monoisotopic (exact) mass is 725 g/mol. The number of nitrogen functional groups attached to an aromatic ring is 1. The van der Waals surface area contributed by atoms with Gasteiger partial charge in [0.15, 0.2) is 23.0 Å². The fourth-order valence-corrected chi connectivity index (χ4v) is 7.07. The van der Waals surface area contributed by atoms with Crippen molar-refractivity contribution in [2.45, 2.75) is 31.3 Å². The van der Waals surface area contributed by atoms with Crippen LogP contribution in [0.3, 0.4) is 0 Å². The molecule has 8 rings (SSSR count). The third-order valence-electron chi connectivity index (χ3n) is 9.97. The second-order valence-corrected chi connectivity index (χ2v) is 13.3. The van der Waals surface area contributed by atoms with E-state index in [2.05, 4.69) is 4.99 Å². The average molecular weight is 726 g/mol. The number of nitrogens with two attached hydrogens (primary N) is 1. The normalized spacial score (nSPS) is 18.1. The van der Waals surface area contributed by atoms with Crippen molar-refractivity contribution in [1.29, 1.82) is 0 Å². The van der Waals surface area contributed by atoms with Crippen LogP contribution in [0.15, 0.2) is 95.2 Å². The minimum atomic E-state index is -0.203. The molecule has 274 valence electrons. The molecule has 2 amide bonds. The Bertz CT molecular complexity index is 2240. The predicted molar refractivity (Wildman–Crippen MR) is 207 cm³/mol. The first-order valence-corrected chi connectivity index (χ1v) is 17.7. The van der Waals surface area contributed by atoms with Gasteiger partial charge in [-0.25, -0.2) is 0 Å². The summed E-state index contributed by atoms with van der Waals surface area (Å²) in [7, 11) is 4.72. The molecule has 2 N–H and O–H groups in total. The summed E-state index contributed by atoms with van der Waals surface area (Å²) >= 11 is 0. The number of rotatable bonds is 11. The van der Waals surface area contributed by atoms with Gasteiger partial charge in [-0.1, -0.05) is 24.3 Å². The van der Waals surface area contributed by atoms with Crippen molar-refractivity contribution >= 4 is 52.5 Å². The highest BCUT2D eigenvalue weighted by Gasteiger charge is 2.35. The summed E-state index contributed by atoms with van der Waals surface area (Å²) in [6.07, 6.45) is 9.22. The Kier molecular flexibility index (Phi) is 9.24. The lowest BCUT2D eigenvalue weighted by Crippen LogP contribution is -2.32. The van der Waals surface area contributed by atoms with Crippen molar-refractivity contribution < 1.29 is 33.3 Å². The third kappa shape index (κ3) is 6.51. The number of carbonyl (C=O) groups excluding carboxylic acids is 2. The van der Waals surface area contributed by atoms with E-state index in [1.54, 1.807) is 54.5 Å². The van der Waals surface area contributed by atoms with Crippen LogP contribution in [0, 0.1) is 0 Å². The number of hydrogen-bond acceptors (Lipinski definition) is 10. The highest BCUT2D eigenvalue weighted by Crippen LogP contribution is 2.42. The van der Waals surface area contributed by atoms with Crippen molar-refractivity contribution in [3.63, 3.8) is 0 Å². The SMILES string of the molecule is COc1ccc(C2=CN3C(=O)c4cc(OC)c(OCCCOc5cc6c(cc5OC)C(=O)N5C=C(c7ccc(N)cc7)C[C@H]5C=N6)cc4N=C[C@@H]3C2)cc1. The molecule has 4 aromatic carbocycles. The molecule has 4 aliphatic rings. The number of carbonyl (C=O) groups is 2. The van der Waals surface area contributed by atoms with Gasteiger partial charge in [0.25, 0.3) is 11.8 Å². The number of nitrogens with zero attached hydrogens (tertiary/aromatic N) is 4. The predicted octanol–water partition coefficient (Wildman–Crippen LogP) is 7.09. The second kappa shape index (κ2) is 14.5. The van der Waals surface area contributed by atoms with E-state index >= 15 is 0 Å². The van der Waals surface area contributed by atoms with E-state index < -0.39 is 0 Å². The zero-order chi connectivity index (χ0) is 37.3. The van der Waals surface area contributed by atoms with Crippen LogP contribution < -0.4 is 29.4 Å². The van der Waals surface area contributed by atoms with Crippen molar-refractivity contribution in [2.24, 2.45) is 9.98 Å². The number of aliphatic imine (C=N–C) groups is 2. The number of hydrogen-bond donors (Lipinski definition) is 1. The molecule has 0 spiro atoms. The maximum atomic E-state index is 13.7. The van der Waals surface area contributed by atoms with Crippen LogP contribution in [0.2, 0.25) is 0 Å². The van der Waals surface area contributed by atoms with Gasteiger partial charge >= 0.3 is 0 Å². The van der Waals surface area contributed by atoms with Gasteiger partial charge in [-0.05, 0) is 58.7 Å². The maximum absolute atomic E-state index is 13.7. The summed E-state index contributed by atoms with van der Waals surface area (Å²) in [4.78, 5) is 40.3. The van der Waals surface area contributed by atoms with Crippen LogP contribution in [-0.2, 0) is 0 Å². The quantitative estimate of drug-likeness (QED) is 0.128. The molecule has 0 aliphatic carbocycles. The first kappa shape index (κ1) is 34.5. The summed E-state index contributed by atoms with van der Waals surface area (Å²) < 4.78 is 28.8. The van der Waals surface area contributed by atoms with Gasteiger partial charge < -0.3 is 39.2 Å². The maximum Gasteiger partial charge on any atom is 0.260 e. The van der Waals surface area contributed by atoms with Gasteiger partial charge in [0, 0.05) is 61.9 Å². The fourth-order valence-electron chi connectivity index (χ4n) is 7.07. The van der Waals surface area contributed by atoms with Gasteiger partial charge in [-0.15, -0.1) is 0 Å². The number of fused-ring (bicyclic) bond motifs is 4. The number of methoxy groups -OCH3 is 3. The molecule has 0 unspecified atom stereocenters. The van der Waals surface area contributed by atoms with Gasteiger partial charge in [0.05, 0.1) is 69.1 Å². The molecule has 0 fully saturated rings. The first-order chi connectivity index (χ1) is 26.3. The Morgan fingerprint density at radius 3 is 1.54 bits per heavy atom. The van der Waals surface area contributed by atoms with E-state index in [0.717, 1.165) is 28.0 Å². The van der Waals surface area contributed by atoms with E-state index in [1.165, 1.54) is 7.11 Å². The highest BCUT2D eigenvalue weighted by molar-refractivity contribution is 6.06. The van der Waals surface area contributed by atoms with Gasteiger partial charge in [0.2, 0.25) is 0 Å².